The number of hydrogen-bond acceptors (Lipinski definition) is 33. The van der Waals surface area contributed by atoms with Crippen molar-refractivity contribution in [3.63, 3.8) is 0 Å². The minimum Gasteiger partial charge on any atom is -0.394 e. The predicted molar refractivity (Wildman–Crippen MR) is 408 cm³/mol. The van der Waals surface area contributed by atoms with Crippen molar-refractivity contribution in [1.82, 2.24) is 5.32 Å². The Kier molecular flexibility index (Phi) is 49.4. The average Bonchev–Trinajstić information content (AvgIpc) is 0.780. The lowest BCUT2D eigenvalue weighted by molar-refractivity contribution is -0.398. The quantitative estimate of drug-likeness (QED) is 0.0290. The van der Waals surface area contributed by atoms with Crippen molar-refractivity contribution in [2.75, 3.05) is 46.2 Å². The van der Waals surface area contributed by atoms with Crippen molar-refractivity contribution in [2.45, 2.75) is 441 Å². The van der Waals surface area contributed by atoms with Crippen LogP contribution in [-0.2, 0) is 61.6 Å². The molecular weight excluding hydrogens is 1500 g/mol. The Morgan fingerprint density at radius 1 is 0.307 bits per heavy atom. The third kappa shape index (κ3) is 31.7. The molecule has 34 heteroatoms. The number of allylic oxidation sites excluding steroid dienone is 1. The highest BCUT2D eigenvalue weighted by Crippen LogP contribution is 2.38. The predicted octanol–water partition coefficient (Wildman–Crippen LogP) is 0.409. The van der Waals surface area contributed by atoms with Crippen LogP contribution in [0.2, 0.25) is 0 Å². The SMILES string of the molecule is CCCCCCCCCCCCC/C=C/[C@@H](O)[C@H](CO[C@@H]1OC(CO)[C@@H](O[C@@H]2OC(CO)[C@H](O[C@@H]3OC(CO)[C@H](O)[C@H](O[C@H]4OC(CO)[C@H](O)[C@H](O[C@H]5OC(CO)[C@H](O)[C@H](O[C@H]6OC(CO)[C@H](O)[C@H](O)C6O)C5O)C4O)C3O)[C@H](O)C2O)[C@H](O)C1O)NC(=O)CCCCCCCCCCCCCCCCCCCCCCCCC. The van der Waals surface area contributed by atoms with Gasteiger partial charge in [0.25, 0.3) is 0 Å². The van der Waals surface area contributed by atoms with Gasteiger partial charge in [0.2, 0.25) is 5.91 Å². The van der Waals surface area contributed by atoms with E-state index in [1.807, 2.05) is 6.08 Å². The number of hydrogen-bond donors (Lipinski definition) is 21. The highest BCUT2D eigenvalue weighted by molar-refractivity contribution is 5.76. The van der Waals surface area contributed by atoms with Gasteiger partial charge in [0.15, 0.2) is 37.7 Å². The third-order valence-corrected chi connectivity index (χ3v) is 22.9. The molecule has 32 atom stereocenters. The molecule has 0 spiro atoms. The van der Waals surface area contributed by atoms with Crippen LogP contribution in [0.5, 0.6) is 0 Å². The summed E-state index contributed by atoms with van der Waals surface area (Å²) in [5.41, 5.74) is 0. The van der Waals surface area contributed by atoms with Gasteiger partial charge in [-0.2, -0.15) is 0 Å². The second-order valence-corrected chi connectivity index (χ2v) is 32.0. The number of carbonyl (C=O) groups excluding carboxylic acids is 1. The number of aliphatic hydroxyl groups excluding tert-OH is 20. The first-order valence-corrected chi connectivity index (χ1v) is 43.0. The number of carbonyl (C=O) groups is 1. The molecule has 0 radical (unpaired) electrons. The minimum absolute atomic E-state index is 0.187. The Balaban J connectivity index is 0.999. The number of aliphatic hydroxyl groups is 20. The van der Waals surface area contributed by atoms with Crippen LogP contribution in [0.15, 0.2) is 12.2 Å². The zero-order chi connectivity index (χ0) is 83.1. The summed E-state index contributed by atoms with van der Waals surface area (Å²) in [7, 11) is 0. The molecule has 6 saturated heterocycles. The highest BCUT2D eigenvalue weighted by Gasteiger charge is 2.58. The summed E-state index contributed by atoms with van der Waals surface area (Å²) < 4.78 is 69.1. The molecule has 1 amide bonds. The first-order chi connectivity index (χ1) is 55.0. The maximum absolute atomic E-state index is 13.5. The van der Waals surface area contributed by atoms with E-state index in [0.29, 0.717) is 12.8 Å². The highest BCUT2D eigenvalue weighted by atomic mass is 16.8. The van der Waals surface area contributed by atoms with E-state index in [0.717, 1.165) is 51.4 Å². The molecule has 12 unspecified atom stereocenters. The first kappa shape index (κ1) is 101. The van der Waals surface area contributed by atoms with Crippen molar-refractivity contribution in [3.8, 4) is 0 Å². The Hall–Kier alpha value is -2.07. The molecule has 114 heavy (non-hydrogen) atoms. The molecule has 6 aliphatic heterocycles. The second-order valence-electron chi connectivity index (χ2n) is 32.0. The molecule has 0 aromatic heterocycles. The van der Waals surface area contributed by atoms with Crippen LogP contribution in [0.4, 0.5) is 0 Å². The van der Waals surface area contributed by atoms with E-state index in [2.05, 4.69) is 19.2 Å². The van der Waals surface area contributed by atoms with Gasteiger partial charge >= 0.3 is 0 Å². The Labute approximate surface area is 672 Å². The van der Waals surface area contributed by atoms with Crippen LogP contribution in [-0.4, -0.2) is 351 Å². The number of nitrogens with one attached hydrogen (secondary N) is 1. The van der Waals surface area contributed by atoms with E-state index in [9.17, 15) is 107 Å². The van der Waals surface area contributed by atoms with Crippen LogP contribution < -0.4 is 5.32 Å². The summed E-state index contributed by atoms with van der Waals surface area (Å²) in [5, 5.41) is 223. The Morgan fingerprint density at radius 3 is 0.904 bits per heavy atom. The molecule has 21 N–H and O–H groups in total. The van der Waals surface area contributed by atoms with Gasteiger partial charge in [-0.1, -0.05) is 231 Å². The van der Waals surface area contributed by atoms with Crippen molar-refractivity contribution in [2.24, 2.45) is 0 Å². The molecule has 670 valence electrons. The smallest absolute Gasteiger partial charge is 0.220 e. The molecular formula is C80H147NO33. The van der Waals surface area contributed by atoms with Gasteiger partial charge in [-0.05, 0) is 19.3 Å². The van der Waals surface area contributed by atoms with Crippen LogP contribution in [0.3, 0.4) is 0 Å². The molecule has 6 rings (SSSR count). The monoisotopic (exact) mass is 1650 g/mol. The molecule has 0 aromatic carbocycles. The molecule has 6 fully saturated rings. The third-order valence-electron chi connectivity index (χ3n) is 22.9. The van der Waals surface area contributed by atoms with Crippen molar-refractivity contribution < 1.29 is 164 Å². The van der Waals surface area contributed by atoms with Gasteiger partial charge < -0.3 is 164 Å². The Morgan fingerprint density at radius 2 is 0.570 bits per heavy atom. The molecule has 6 heterocycles. The van der Waals surface area contributed by atoms with Gasteiger partial charge in [0.05, 0.1) is 58.4 Å². The fourth-order valence-corrected chi connectivity index (χ4v) is 15.7. The van der Waals surface area contributed by atoms with Gasteiger partial charge in [0.1, 0.15) is 146 Å². The summed E-state index contributed by atoms with van der Waals surface area (Å²) in [5.74, 6) is -0.330. The molecule has 34 nitrogen and oxygen atoms in total. The minimum atomic E-state index is -2.27. The van der Waals surface area contributed by atoms with Gasteiger partial charge in [0, 0.05) is 6.42 Å². The lowest BCUT2D eigenvalue weighted by atomic mass is 9.95. The fourth-order valence-electron chi connectivity index (χ4n) is 15.7. The van der Waals surface area contributed by atoms with Crippen LogP contribution in [0.1, 0.15) is 245 Å². The van der Waals surface area contributed by atoms with E-state index in [1.165, 1.54) is 161 Å². The molecule has 0 saturated carbocycles. The summed E-state index contributed by atoms with van der Waals surface area (Å²) in [6, 6.07) is -1.06. The standard InChI is InChI=1S/C80H147NO33/c1-3-5-7-9-11-13-15-17-18-19-20-21-22-23-24-25-26-28-30-32-34-36-38-40-56(89)81-48(49(88)39-37-35-33-31-29-27-16-14-12-10-8-6-4-2)47-103-75-65(98)62(95)70(54(45-86)108-75)110-77-66(99)63(96)71(55(46-87)109-77)111-78-67(100)73(59(92)51(42-83)105-78)113-80-69(102)74(60(93)53(44-85)107-80)114-79-68(101)72(58(91)52(43-84)106-79)112-76-64(97)61(94)57(90)50(41-82)104-76/h37,39,48-55,57-80,82-88,90-102H,3-36,38,40-47H2,1-2H3,(H,81,89)/b39-37+/t48-,49+,50?,51?,52?,53?,54?,55?,57-,58-,59-,60-,61-,62+,63+,64?,65?,66?,67?,68?,69?,70+,71-,72-,73-,74-,75+,76+,77-,78-,79+,80+/m0/s1. The number of rotatable bonds is 58. The normalized spacial score (nSPS) is 36.9. The summed E-state index contributed by atoms with van der Waals surface area (Å²) in [4.78, 5) is 13.5. The van der Waals surface area contributed by atoms with E-state index >= 15 is 0 Å². The zero-order valence-corrected chi connectivity index (χ0v) is 67.3. The van der Waals surface area contributed by atoms with E-state index in [1.54, 1.807) is 6.08 Å². The lowest BCUT2D eigenvalue weighted by Crippen LogP contribution is -2.68. The molecule has 0 bridgehead atoms. The summed E-state index contributed by atoms with van der Waals surface area (Å²) in [6.07, 6.45) is -14.1. The molecule has 0 aromatic rings. The number of unbranched alkanes of at least 4 members (excludes halogenated alkanes) is 33. The van der Waals surface area contributed by atoms with Crippen molar-refractivity contribution in [3.05, 3.63) is 12.2 Å². The Bertz CT molecular complexity index is 2490. The summed E-state index contributed by atoms with van der Waals surface area (Å²) >= 11 is 0. The van der Waals surface area contributed by atoms with E-state index in [4.69, 9.17) is 56.8 Å². The van der Waals surface area contributed by atoms with Crippen LogP contribution in [0, 0.1) is 0 Å². The summed E-state index contributed by atoms with van der Waals surface area (Å²) in [6.45, 7) is -1.88. The zero-order valence-electron chi connectivity index (χ0n) is 67.3. The molecule has 0 aliphatic carbocycles. The lowest BCUT2D eigenvalue weighted by Gasteiger charge is -2.50. The maximum atomic E-state index is 13.5. The van der Waals surface area contributed by atoms with E-state index < -0.39 is 243 Å². The number of ether oxygens (including phenoxy) is 12. The van der Waals surface area contributed by atoms with Crippen molar-refractivity contribution >= 4 is 5.91 Å². The van der Waals surface area contributed by atoms with Crippen molar-refractivity contribution in [1.29, 1.82) is 0 Å². The first-order valence-electron chi connectivity index (χ1n) is 43.0. The fraction of sp³-hybridized carbons (Fsp3) is 0.963. The van der Waals surface area contributed by atoms with Gasteiger partial charge in [-0.25, -0.2) is 0 Å². The van der Waals surface area contributed by atoms with Gasteiger partial charge in [-0.15, -0.1) is 0 Å². The van der Waals surface area contributed by atoms with Gasteiger partial charge in [-0.3, -0.25) is 4.79 Å². The van der Waals surface area contributed by atoms with Crippen LogP contribution >= 0.6 is 0 Å². The second kappa shape index (κ2) is 55.8. The topological polar surface area (TPSA) is 544 Å². The number of amides is 1. The van der Waals surface area contributed by atoms with E-state index in [-0.39, 0.29) is 12.3 Å². The molecule has 6 aliphatic rings. The van der Waals surface area contributed by atoms with Crippen LogP contribution in [0.25, 0.3) is 0 Å². The largest absolute Gasteiger partial charge is 0.394 e. The maximum Gasteiger partial charge on any atom is 0.220 e. The average molecular weight is 1650 g/mol.